The number of anilines is 1. The van der Waals surface area contributed by atoms with Gasteiger partial charge in [0, 0.05) is 22.3 Å². The van der Waals surface area contributed by atoms with Gasteiger partial charge in [0.05, 0.1) is 23.3 Å². The van der Waals surface area contributed by atoms with Gasteiger partial charge in [-0.3, -0.25) is 0 Å². The van der Waals surface area contributed by atoms with Gasteiger partial charge < -0.3 is 4.90 Å². The van der Waals surface area contributed by atoms with Crippen LogP contribution in [0.25, 0.3) is 5.69 Å². The Bertz CT molecular complexity index is 1040. The van der Waals surface area contributed by atoms with Crippen molar-refractivity contribution >= 4 is 21.6 Å². The summed E-state index contributed by atoms with van der Waals surface area (Å²) < 4.78 is 2.92. The van der Waals surface area contributed by atoms with Gasteiger partial charge in [-0.05, 0) is 51.5 Å². The van der Waals surface area contributed by atoms with Gasteiger partial charge in [-0.25, -0.2) is 4.68 Å². The summed E-state index contributed by atoms with van der Waals surface area (Å²) >= 11 is 3.62. The molecular formula is C24H27BrN4. The minimum Gasteiger partial charge on any atom is -0.320 e. The lowest BCUT2D eigenvalue weighted by molar-refractivity contribution is 0.733. The molecule has 4 nitrogen and oxygen atoms in total. The number of allylic oxidation sites excluding steroid dienone is 2. The van der Waals surface area contributed by atoms with Crippen molar-refractivity contribution in [1.82, 2.24) is 15.0 Å². The van der Waals surface area contributed by atoms with Gasteiger partial charge in [0.1, 0.15) is 0 Å². The Morgan fingerprint density at radius 2 is 1.83 bits per heavy atom. The molecule has 1 atom stereocenters. The number of hydrogen-bond acceptors (Lipinski definition) is 3. The van der Waals surface area contributed by atoms with Crippen LogP contribution in [0.2, 0.25) is 0 Å². The Labute approximate surface area is 181 Å². The van der Waals surface area contributed by atoms with E-state index >= 15 is 0 Å². The molecule has 0 fully saturated rings. The fraction of sp³-hybridized carbons (Fsp3) is 0.250. The minimum atomic E-state index is 0.152. The van der Waals surface area contributed by atoms with Crippen LogP contribution in [-0.4, -0.2) is 15.0 Å². The lowest BCUT2D eigenvalue weighted by Crippen LogP contribution is -2.17. The fourth-order valence-electron chi connectivity index (χ4n) is 3.26. The van der Waals surface area contributed by atoms with Gasteiger partial charge in [-0.1, -0.05) is 70.0 Å². The first kappa shape index (κ1) is 21.1. The zero-order chi connectivity index (χ0) is 21.1. The van der Waals surface area contributed by atoms with Crippen molar-refractivity contribution in [2.24, 2.45) is 0 Å². The van der Waals surface area contributed by atoms with Gasteiger partial charge in [-0.15, -0.1) is 5.10 Å². The topological polar surface area (TPSA) is 34.0 Å². The van der Waals surface area contributed by atoms with Crippen molar-refractivity contribution in [2.75, 3.05) is 4.90 Å². The molecule has 2 aromatic carbocycles. The van der Waals surface area contributed by atoms with E-state index in [1.54, 1.807) is 0 Å². The molecule has 0 amide bonds. The van der Waals surface area contributed by atoms with E-state index in [1.807, 2.05) is 23.9 Å². The molecule has 0 bridgehead atoms. The number of hydrogen-bond donors (Lipinski definition) is 0. The van der Waals surface area contributed by atoms with Gasteiger partial charge in [0.15, 0.2) is 0 Å². The highest BCUT2D eigenvalue weighted by atomic mass is 79.9. The van der Waals surface area contributed by atoms with Crippen LogP contribution < -0.4 is 4.90 Å². The minimum absolute atomic E-state index is 0.152. The van der Waals surface area contributed by atoms with E-state index in [0.717, 1.165) is 27.2 Å². The summed E-state index contributed by atoms with van der Waals surface area (Å²) in [5.74, 6) is 0.152. The molecule has 0 saturated heterocycles. The van der Waals surface area contributed by atoms with Crippen molar-refractivity contribution in [3.63, 3.8) is 0 Å². The van der Waals surface area contributed by atoms with E-state index in [9.17, 15) is 0 Å². The molecule has 0 N–H and O–H groups in total. The monoisotopic (exact) mass is 450 g/mol. The second-order valence-corrected chi connectivity index (χ2v) is 8.56. The van der Waals surface area contributed by atoms with E-state index in [2.05, 4.69) is 108 Å². The Morgan fingerprint density at radius 3 is 2.45 bits per heavy atom. The van der Waals surface area contributed by atoms with Crippen molar-refractivity contribution < 1.29 is 0 Å². The summed E-state index contributed by atoms with van der Waals surface area (Å²) in [5.41, 5.74) is 7.59. The maximum Gasteiger partial charge on any atom is 0.0918 e. The first-order valence-electron chi connectivity index (χ1n) is 9.64. The zero-order valence-electron chi connectivity index (χ0n) is 17.6. The molecule has 5 heteroatoms. The Kier molecular flexibility index (Phi) is 6.38. The molecule has 0 aliphatic rings. The number of benzene rings is 2. The molecule has 150 valence electrons. The fourth-order valence-corrected chi connectivity index (χ4v) is 3.61. The van der Waals surface area contributed by atoms with E-state index in [4.69, 9.17) is 0 Å². The van der Waals surface area contributed by atoms with Gasteiger partial charge in [-0.2, -0.15) is 0 Å². The van der Waals surface area contributed by atoms with Gasteiger partial charge >= 0.3 is 0 Å². The summed E-state index contributed by atoms with van der Waals surface area (Å²) in [6.45, 7) is 14.6. The summed E-state index contributed by atoms with van der Waals surface area (Å²) in [6.07, 6.45) is 3.94. The molecule has 29 heavy (non-hydrogen) atoms. The lowest BCUT2D eigenvalue weighted by atomic mass is 9.97. The van der Waals surface area contributed by atoms with E-state index < -0.39 is 0 Å². The average Bonchev–Trinajstić information content (AvgIpc) is 3.15. The number of aromatic nitrogens is 3. The molecule has 0 aliphatic heterocycles. The zero-order valence-corrected chi connectivity index (χ0v) is 19.2. The van der Waals surface area contributed by atoms with Crippen LogP contribution in [0, 0.1) is 6.92 Å². The highest BCUT2D eigenvalue weighted by Gasteiger charge is 2.20. The maximum atomic E-state index is 4.44. The maximum absolute atomic E-state index is 4.44. The summed E-state index contributed by atoms with van der Waals surface area (Å²) in [6, 6.07) is 14.8. The number of halogens is 1. The third-order valence-corrected chi connectivity index (χ3v) is 5.31. The molecule has 3 rings (SSSR count). The van der Waals surface area contributed by atoms with Crippen molar-refractivity contribution in [3.05, 3.63) is 94.0 Å². The number of nitrogens with zero attached hydrogens (tertiary/aromatic N) is 4. The van der Waals surface area contributed by atoms with E-state index in [-0.39, 0.29) is 5.92 Å². The van der Waals surface area contributed by atoms with Crippen LogP contribution >= 0.6 is 15.9 Å². The highest BCUT2D eigenvalue weighted by molar-refractivity contribution is 9.10. The van der Waals surface area contributed by atoms with E-state index in [0.29, 0.717) is 0 Å². The summed E-state index contributed by atoms with van der Waals surface area (Å²) in [4.78, 5) is 2.10. The van der Waals surface area contributed by atoms with Crippen LogP contribution in [0.3, 0.4) is 0 Å². The Balaban J connectivity index is 2.14. The first-order valence-corrected chi connectivity index (χ1v) is 10.4. The van der Waals surface area contributed by atoms with Crippen LogP contribution in [0.5, 0.6) is 0 Å². The molecular weight excluding hydrogens is 424 g/mol. The predicted molar refractivity (Wildman–Crippen MR) is 124 cm³/mol. The Morgan fingerprint density at radius 1 is 1.14 bits per heavy atom. The van der Waals surface area contributed by atoms with Crippen LogP contribution in [-0.2, 0) is 0 Å². The molecule has 0 radical (unpaired) electrons. The van der Waals surface area contributed by atoms with Crippen molar-refractivity contribution in [2.45, 2.75) is 40.5 Å². The smallest absolute Gasteiger partial charge is 0.0918 e. The van der Waals surface area contributed by atoms with Crippen molar-refractivity contribution in [3.8, 4) is 5.69 Å². The average molecular weight is 451 g/mol. The molecule has 0 aliphatic carbocycles. The van der Waals surface area contributed by atoms with Gasteiger partial charge in [0.2, 0.25) is 0 Å². The first-order chi connectivity index (χ1) is 13.8. The Hall–Kier alpha value is -2.66. The standard InChI is InChI=1S/C24H27BrN4/c1-16(2)15-28(17(3)4)22-12-11-21(25)13-23(22)29-24(14-26-27-29)19(6)20-9-7-18(5)8-10-20/h7-15,19H,3H2,1-2,4-6H3. The largest absolute Gasteiger partial charge is 0.320 e. The SMILES string of the molecule is C=C(C)N(C=C(C)C)c1ccc(Br)cc1-n1nncc1C(C)c1ccc(C)cc1. The number of aryl methyl sites for hydroxylation is 1. The molecule has 3 aromatic rings. The van der Waals surface area contributed by atoms with Crippen LogP contribution in [0.1, 0.15) is 50.4 Å². The molecule has 0 spiro atoms. The lowest BCUT2D eigenvalue weighted by Gasteiger charge is -2.25. The van der Waals surface area contributed by atoms with Crippen LogP contribution in [0.15, 0.2) is 77.2 Å². The van der Waals surface area contributed by atoms with Crippen molar-refractivity contribution in [1.29, 1.82) is 0 Å². The molecule has 1 unspecified atom stereocenters. The molecule has 1 heterocycles. The highest BCUT2D eigenvalue weighted by Crippen LogP contribution is 2.33. The quantitative estimate of drug-likeness (QED) is 0.416. The second kappa shape index (κ2) is 8.78. The van der Waals surface area contributed by atoms with Crippen LogP contribution in [0.4, 0.5) is 5.69 Å². The normalized spacial score (nSPS) is 11.8. The second-order valence-electron chi connectivity index (χ2n) is 7.65. The van der Waals surface area contributed by atoms with E-state index in [1.165, 1.54) is 16.7 Å². The third-order valence-electron chi connectivity index (χ3n) is 4.82. The third kappa shape index (κ3) is 4.67. The predicted octanol–water partition coefficient (Wildman–Crippen LogP) is 6.75. The summed E-state index contributed by atoms with van der Waals surface area (Å²) in [5, 5.41) is 8.68. The molecule has 1 aromatic heterocycles. The number of rotatable bonds is 6. The van der Waals surface area contributed by atoms with Gasteiger partial charge in [0.25, 0.3) is 0 Å². The summed E-state index contributed by atoms with van der Waals surface area (Å²) in [7, 11) is 0. The molecule has 0 saturated carbocycles.